The van der Waals surface area contributed by atoms with Crippen LogP contribution in [0.3, 0.4) is 0 Å². The van der Waals surface area contributed by atoms with Gasteiger partial charge in [-0.1, -0.05) is 15.9 Å². The molecule has 0 atom stereocenters. The molecule has 88 valence electrons. The zero-order chi connectivity index (χ0) is 13.5. The molecule has 0 saturated heterocycles. The van der Waals surface area contributed by atoms with Crippen molar-refractivity contribution in [3.63, 3.8) is 0 Å². The van der Waals surface area contributed by atoms with Gasteiger partial charge < -0.3 is 10.1 Å². The molecule has 18 heavy (non-hydrogen) atoms. The highest BCUT2D eigenvalue weighted by Crippen LogP contribution is 2.29. The van der Waals surface area contributed by atoms with Gasteiger partial charge in [-0.25, -0.2) is 0 Å². The molecule has 0 saturated carbocycles. The first-order valence-corrected chi connectivity index (χ1v) is 5.50. The van der Waals surface area contributed by atoms with Crippen molar-refractivity contribution < 1.29 is 4.74 Å². The van der Waals surface area contributed by atoms with Crippen LogP contribution in [0.1, 0.15) is 0 Å². The molecule has 1 N–H and O–H groups in total. The monoisotopic (exact) mass is 302 g/mol. The second-order valence-electron chi connectivity index (χ2n) is 3.06. The van der Waals surface area contributed by atoms with Gasteiger partial charge in [0.05, 0.1) is 12.8 Å². The number of allylic oxidation sites excluding steroid dienone is 2. The molecule has 0 unspecified atom stereocenters. The summed E-state index contributed by atoms with van der Waals surface area (Å²) in [6, 6.07) is 10.2. The minimum atomic E-state index is -0.275. The van der Waals surface area contributed by atoms with E-state index in [2.05, 4.69) is 21.2 Å². The smallest absolute Gasteiger partial charge is 0.163 e. The zero-order valence-corrected chi connectivity index (χ0v) is 10.9. The summed E-state index contributed by atoms with van der Waals surface area (Å²) in [6.07, 6.45) is 0. The third-order valence-corrected chi connectivity index (χ3v) is 2.50. The normalized spacial score (nSPS) is 8.39. The lowest BCUT2D eigenvalue weighted by Gasteiger charge is -2.10. The molecule has 0 aliphatic heterocycles. The van der Waals surface area contributed by atoms with Crippen LogP contribution in [-0.2, 0) is 0 Å². The van der Waals surface area contributed by atoms with Crippen LogP contribution in [0.5, 0.6) is 5.75 Å². The minimum absolute atomic E-state index is 0.111. The van der Waals surface area contributed by atoms with E-state index in [9.17, 15) is 0 Å². The van der Waals surface area contributed by atoms with Crippen LogP contribution in [0.2, 0.25) is 0 Å². The molecule has 0 heterocycles. The van der Waals surface area contributed by atoms with Crippen LogP contribution < -0.4 is 10.1 Å². The second-order valence-corrected chi connectivity index (χ2v) is 3.97. The summed E-state index contributed by atoms with van der Waals surface area (Å²) in [6.45, 7) is 0. The quantitative estimate of drug-likeness (QED) is 0.867. The van der Waals surface area contributed by atoms with Gasteiger partial charge in [0.1, 0.15) is 29.7 Å². The highest BCUT2D eigenvalue weighted by Gasteiger charge is 2.09. The van der Waals surface area contributed by atoms with E-state index in [1.165, 1.54) is 7.11 Å². The maximum absolute atomic E-state index is 8.92. The summed E-state index contributed by atoms with van der Waals surface area (Å²) in [7, 11) is 1.48. The molecule has 0 aromatic heterocycles. The Kier molecular flexibility index (Phi) is 4.75. The van der Waals surface area contributed by atoms with Crippen molar-refractivity contribution in [2.45, 2.75) is 0 Å². The fourth-order valence-electron chi connectivity index (χ4n) is 1.19. The summed E-state index contributed by atoms with van der Waals surface area (Å²) >= 11 is 3.29. The molecule has 1 aromatic rings. The van der Waals surface area contributed by atoms with E-state index in [-0.39, 0.29) is 11.3 Å². The first-order valence-electron chi connectivity index (χ1n) is 4.71. The molecular formula is C12H7BrN4O. The highest BCUT2D eigenvalue weighted by molar-refractivity contribution is 9.10. The fraction of sp³-hybridized carbons (Fsp3) is 0.0833. The number of rotatable bonds is 3. The number of ether oxygens (including phenoxy) is 1. The zero-order valence-electron chi connectivity index (χ0n) is 9.36. The minimum Gasteiger partial charge on any atom is -0.495 e. The third kappa shape index (κ3) is 3.01. The fourth-order valence-corrected chi connectivity index (χ4v) is 1.53. The molecule has 5 nitrogen and oxygen atoms in total. The number of nitrogens with zero attached hydrogens (tertiary/aromatic N) is 3. The number of benzene rings is 1. The maximum Gasteiger partial charge on any atom is 0.163 e. The van der Waals surface area contributed by atoms with Gasteiger partial charge in [0, 0.05) is 4.47 Å². The van der Waals surface area contributed by atoms with E-state index in [0.717, 1.165) is 4.47 Å². The van der Waals surface area contributed by atoms with Crippen LogP contribution in [0.25, 0.3) is 0 Å². The number of anilines is 1. The van der Waals surface area contributed by atoms with Crippen LogP contribution in [0.15, 0.2) is 33.9 Å². The lowest BCUT2D eigenvalue weighted by molar-refractivity contribution is 0.416. The van der Waals surface area contributed by atoms with Gasteiger partial charge in [-0.2, -0.15) is 15.8 Å². The predicted molar refractivity (Wildman–Crippen MR) is 68.2 cm³/mol. The molecule has 6 heteroatoms. The van der Waals surface area contributed by atoms with E-state index >= 15 is 0 Å². The topological polar surface area (TPSA) is 92.6 Å². The number of hydrogen-bond donors (Lipinski definition) is 1. The van der Waals surface area contributed by atoms with Gasteiger partial charge in [0.2, 0.25) is 0 Å². The second kappa shape index (κ2) is 6.30. The summed E-state index contributed by atoms with van der Waals surface area (Å²) in [4.78, 5) is 0. The molecule has 1 rings (SSSR count). The van der Waals surface area contributed by atoms with Crippen molar-refractivity contribution in [2.24, 2.45) is 0 Å². The van der Waals surface area contributed by atoms with Gasteiger partial charge in [-0.3, -0.25) is 0 Å². The van der Waals surface area contributed by atoms with Gasteiger partial charge in [-0.15, -0.1) is 0 Å². The van der Waals surface area contributed by atoms with E-state index in [0.29, 0.717) is 11.4 Å². The SMILES string of the molecule is COc1cc(Br)ccc1NC(C#N)=C(C#N)C#N. The standard InChI is InChI=1S/C12H7BrN4O/c1-18-12-4-9(13)2-3-10(12)17-11(7-16)8(5-14)6-15/h2-4,17H,1H3. The average molecular weight is 303 g/mol. The van der Waals surface area contributed by atoms with Gasteiger partial charge in [0.25, 0.3) is 0 Å². The van der Waals surface area contributed by atoms with Crippen molar-refractivity contribution >= 4 is 21.6 Å². The largest absolute Gasteiger partial charge is 0.495 e. The summed E-state index contributed by atoms with van der Waals surface area (Å²) < 4.78 is 5.94. The molecule has 0 bridgehead atoms. The number of nitriles is 3. The lowest BCUT2D eigenvalue weighted by atomic mass is 10.2. The molecule has 0 aliphatic carbocycles. The Bertz CT molecular complexity index is 600. The van der Waals surface area contributed by atoms with E-state index in [1.807, 2.05) is 0 Å². The first kappa shape index (κ1) is 13.6. The van der Waals surface area contributed by atoms with Crippen molar-refractivity contribution in [1.29, 1.82) is 15.8 Å². The van der Waals surface area contributed by atoms with Crippen molar-refractivity contribution in [3.8, 4) is 24.0 Å². The molecule has 0 amide bonds. The Hall–Kier alpha value is -2.49. The Morgan fingerprint density at radius 2 is 1.89 bits per heavy atom. The molecule has 0 fully saturated rings. The molecule has 0 radical (unpaired) electrons. The van der Waals surface area contributed by atoms with Crippen LogP contribution >= 0.6 is 15.9 Å². The number of methoxy groups -OCH3 is 1. The molecule has 0 spiro atoms. The van der Waals surface area contributed by atoms with E-state index in [4.69, 9.17) is 20.5 Å². The van der Waals surface area contributed by atoms with Crippen molar-refractivity contribution in [2.75, 3.05) is 12.4 Å². The van der Waals surface area contributed by atoms with Gasteiger partial charge >= 0.3 is 0 Å². The predicted octanol–water partition coefficient (Wildman–Crippen LogP) is 2.69. The Balaban J connectivity index is 3.21. The summed E-state index contributed by atoms with van der Waals surface area (Å²) in [5.41, 5.74) is 0.114. The lowest BCUT2D eigenvalue weighted by Crippen LogP contribution is -2.02. The van der Waals surface area contributed by atoms with E-state index in [1.54, 1.807) is 36.4 Å². The summed E-state index contributed by atoms with van der Waals surface area (Å²) in [5.74, 6) is 0.493. The average Bonchev–Trinajstić information content (AvgIpc) is 2.40. The van der Waals surface area contributed by atoms with Crippen LogP contribution in [0, 0.1) is 34.0 Å². The number of nitrogens with one attached hydrogen (secondary N) is 1. The Morgan fingerprint density at radius 3 is 2.39 bits per heavy atom. The van der Waals surface area contributed by atoms with Crippen molar-refractivity contribution in [1.82, 2.24) is 0 Å². The van der Waals surface area contributed by atoms with Crippen LogP contribution in [0.4, 0.5) is 5.69 Å². The molecule has 0 aliphatic rings. The Labute approximate surface area is 113 Å². The van der Waals surface area contributed by atoms with Gasteiger partial charge in [-0.05, 0) is 18.2 Å². The third-order valence-electron chi connectivity index (χ3n) is 2.01. The summed E-state index contributed by atoms with van der Waals surface area (Å²) in [5, 5.41) is 29.1. The highest BCUT2D eigenvalue weighted by atomic mass is 79.9. The number of halogens is 1. The van der Waals surface area contributed by atoms with Crippen molar-refractivity contribution in [3.05, 3.63) is 33.9 Å². The van der Waals surface area contributed by atoms with Gasteiger partial charge in [0.15, 0.2) is 5.57 Å². The molecule has 1 aromatic carbocycles. The molecular weight excluding hydrogens is 296 g/mol. The number of hydrogen-bond acceptors (Lipinski definition) is 5. The Morgan fingerprint density at radius 1 is 1.22 bits per heavy atom. The van der Waals surface area contributed by atoms with E-state index < -0.39 is 0 Å². The van der Waals surface area contributed by atoms with Crippen LogP contribution in [-0.4, -0.2) is 7.11 Å². The maximum atomic E-state index is 8.92. The first-order chi connectivity index (χ1) is 8.65.